The van der Waals surface area contributed by atoms with Crippen LogP contribution in [0.15, 0.2) is 53.4 Å². The molecule has 9 heteroatoms. The number of benzene rings is 2. The molecule has 0 spiro atoms. The van der Waals surface area contributed by atoms with Crippen molar-refractivity contribution in [1.82, 2.24) is 4.31 Å². The Balaban J connectivity index is 2.28. The molecule has 0 saturated heterocycles. The zero-order valence-electron chi connectivity index (χ0n) is 13.3. The summed E-state index contributed by atoms with van der Waals surface area (Å²) in [6.45, 7) is 0. The number of alkyl halides is 3. The lowest BCUT2D eigenvalue weighted by Gasteiger charge is -2.13. The van der Waals surface area contributed by atoms with E-state index >= 15 is 0 Å². The average molecular weight is 372 g/mol. The minimum Gasteiger partial charge on any atom is -0.322 e. The number of nitrogens with zero attached hydrogens (tertiary/aromatic N) is 1. The number of hydrogen-bond acceptors (Lipinski definition) is 3. The summed E-state index contributed by atoms with van der Waals surface area (Å²) in [5.74, 6) is -0.773. The van der Waals surface area contributed by atoms with Crippen molar-refractivity contribution in [2.75, 3.05) is 19.4 Å². The molecule has 0 unspecified atom stereocenters. The largest absolute Gasteiger partial charge is 0.416 e. The molecule has 2 aromatic carbocycles. The van der Waals surface area contributed by atoms with E-state index in [0.717, 1.165) is 22.5 Å². The van der Waals surface area contributed by atoms with Crippen LogP contribution in [0.1, 0.15) is 15.9 Å². The maximum atomic E-state index is 12.7. The number of hydrogen-bond donors (Lipinski definition) is 1. The second kappa shape index (κ2) is 6.85. The third-order valence-electron chi connectivity index (χ3n) is 3.32. The van der Waals surface area contributed by atoms with Gasteiger partial charge < -0.3 is 5.32 Å². The maximum Gasteiger partial charge on any atom is 0.416 e. The molecule has 1 N–H and O–H groups in total. The van der Waals surface area contributed by atoms with Crippen LogP contribution in [0.25, 0.3) is 0 Å². The standard InChI is InChI=1S/C16H15F3N2O3S/c1-21(2)25(23,24)14-8-4-7-13(10-14)20-15(22)11-5-3-6-12(9-11)16(17,18)19/h3-10H,1-2H3,(H,20,22). The van der Waals surface area contributed by atoms with E-state index in [0.29, 0.717) is 0 Å². The SMILES string of the molecule is CN(C)S(=O)(=O)c1cccc(NC(=O)c2cccc(C(F)(F)F)c2)c1. The molecule has 0 aromatic heterocycles. The van der Waals surface area contributed by atoms with Crippen LogP contribution >= 0.6 is 0 Å². The average Bonchev–Trinajstić information content (AvgIpc) is 2.54. The smallest absolute Gasteiger partial charge is 0.322 e. The molecule has 1 amide bonds. The third-order valence-corrected chi connectivity index (χ3v) is 5.13. The highest BCUT2D eigenvalue weighted by atomic mass is 32.2. The van der Waals surface area contributed by atoms with Gasteiger partial charge in [-0.3, -0.25) is 4.79 Å². The first-order valence-corrected chi connectivity index (χ1v) is 8.47. The number of nitrogens with one attached hydrogen (secondary N) is 1. The number of halogens is 3. The monoisotopic (exact) mass is 372 g/mol. The van der Waals surface area contributed by atoms with Crippen LogP contribution < -0.4 is 5.32 Å². The summed E-state index contributed by atoms with van der Waals surface area (Å²) in [7, 11) is -0.964. The molecule has 0 saturated carbocycles. The Morgan fingerprint density at radius 1 is 1.04 bits per heavy atom. The summed E-state index contributed by atoms with van der Waals surface area (Å²) in [6.07, 6.45) is -4.56. The van der Waals surface area contributed by atoms with Crippen molar-refractivity contribution in [1.29, 1.82) is 0 Å². The van der Waals surface area contributed by atoms with Gasteiger partial charge in [-0.1, -0.05) is 12.1 Å². The van der Waals surface area contributed by atoms with E-state index in [-0.39, 0.29) is 16.1 Å². The summed E-state index contributed by atoms with van der Waals surface area (Å²) in [4.78, 5) is 12.1. The molecule has 0 heterocycles. The summed E-state index contributed by atoms with van der Waals surface area (Å²) in [5.41, 5.74) is -0.967. The Bertz CT molecular complexity index is 893. The van der Waals surface area contributed by atoms with Gasteiger partial charge in [0.2, 0.25) is 10.0 Å². The van der Waals surface area contributed by atoms with E-state index in [1.165, 1.54) is 44.4 Å². The van der Waals surface area contributed by atoms with Gasteiger partial charge in [0.05, 0.1) is 10.5 Å². The van der Waals surface area contributed by atoms with Gasteiger partial charge in [0.25, 0.3) is 5.91 Å². The minimum absolute atomic E-state index is 0.0423. The predicted octanol–water partition coefficient (Wildman–Crippen LogP) is 3.21. The second-order valence-corrected chi connectivity index (χ2v) is 7.50. The van der Waals surface area contributed by atoms with Crippen LogP contribution in [0.5, 0.6) is 0 Å². The molecule has 2 aromatic rings. The lowest BCUT2D eigenvalue weighted by molar-refractivity contribution is -0.137. The van der Waals surface area contributed by atoms with Crippen molar-refractivity contribution in [3.05, 3.63) is 59.7 Å². The molecule has 0 bridgehead atoms. The Kier molecular flexibility index (Phi) is 5.19. The fraction of sp³-hybridized carbons (Fsp3) is 0.188. The number of carbonyl (C=O) groups is 1. The normalized spacial score (nSPS) is 12.2. The zero-order chi connectivity index (χ0) is 18.8. The lowest BCUT2D eigenvalue weighted by atomic mass is 10.1. The molecule has 0 atom stereocenters. The van der Waals surface area contributed by atoms with Crippen molar-refractivity contribution in [3.63, 3.8) is 0 Å². The lowest BCUT2D eigenvalue weighted by Crippen LogP contribution is -2.22. The maximum absolute atomic E-state index is 12.7. The topological polar surface area (TPSA) is 66.5 Å². The molecular weight excluding hydrogens is 357 g/mol. The first-order chi connectivity index (χ1) is 11.5. The van der Waals surface area contributed by atoms with E-state index in [1.807, 2.05) is 0 Å². The molecule has 0 aliphatic rings. The Labute approximate surface area is 143 Å². The number of carbonyl (C=O) groups excluding carboxylic acids is 1. The van der Waals surface area contributed by atoms with Gasteiger partial charge >= 0.3 is 6.18 Å². The highest BCUT2D eigenvalue weighted by Gasteiger charge is 2.30. The first-order valence-electron chi connectivity index (χ1n) is 7.03. The molecular formula is C16H15F3N2O3S. The second-order valence-electron chi connectivity index (χ2n) is 5.35. The van der Waals surface area contributed by atoms with E-state index in [1.54, 1.807) is 0 Å². The van der Waals surface area contributed by atoms with Gasteiger partial charge in [0.15, 0.2) is 0 Å². The van der Waals surface area contributed by atoms with Gasteiger partial charge in [0, 0.05) is 25.3 Å². The predicted molar refractivity (Wildman–Crippen MR) is 86.7 cm³/mol. The number of sulfonamides is 1. The highest BCUT2D eigenvalue weighted by molar-refractivity contribution is 7.89. The van der Waals surface area contributed by atoms with Crippen LogP contribution in [-0.2, 0) is 16.2 Å². The Morgan fingerprint density at radius 3 is 2.28 bits per heavy atom. The molecule has 25 heavy (non-hydrogen) atoms. The van der Waals surface area contributed by atoms with E-state index < -0.39 is 27.7 Å². The fourth-order valence-corrected chi connectivity index (χ4v) is 2.93. The van der Waals surface area contributed by atoms with Crippen molar-refractivity contribution in [2.45, 2.75) is 11.1 Å². The van der Waals surface area contributed by atoms with Gasteiger partial charge in [-0.15, -0.1) is 0 Å². The van der Waals surface area contributed by atoms with Crippen molar-refractivity contribution in [3.8, 4) is 0 Å². The Morgan fingerprint density at radius 2 is 1.68 bits per heavy atom. The van der Waals surface area contributed by atoms with Crippen molar-refractivity contribution < 1.29 is 26.4 Å². The summed E-state index contributed by atoms with van der Waals surface area (Å²) < 4.78 is 63.3. The molecule has 5 nitrogen and oxygen atoms in total. The molecule has 0 aliphatic carbocycles. The summed E-state index contributed by atoms with van der Waals surface area (Å²) in [5, 5.41) is 2.40. The van der Waals surface area contributed by atoms with Crippen LogP contribution in [-0.4, -0.2) is 32.7 Å². The number of rotatable bonds is 4. The van der Waals surface area contributed by atoms with E-state index in [4.69, 9.17) is 0 Å². The van der Waals surface area contributed by atoms with Crippen LogP contribution in [0.2, 0.25) is 0 Å². The molecule has 0 aliphatic heterocycles. The molecule has 0 fully saturated rings. The van der Waals surface area contributed by atoms with Crippen LogP contribution in [0.3, 0.4) is 0 Å². The van der Waals surface area contributed by atoms with Crippen molar-refractivity contribution in [2.24, 2.45) is 0 Å². The molecule has 134 valence electrons. The minimum atomic E-state index is -4.56. The van der Waals surface area contributed by atoms with Crippen LogP contribution in [0.4, 0.5) is 18.9 Å². The molecule has 2 rings (SSSR count). The highest BCUT2D eigenvalue weighted by Crippen LogP contribution is 2.29. The Hall–Kier alpha value is -2.39. The van der Waals surface area contributed by atoms with Gasteiger partial charge in [-0.05, 0) is 36.4 Å². The van der Waals surface area contributed by atoms with Gasteiger partial charge in [0.1, 0.15) is 0 Å². The van der Waals surface area contributed by atoms with E-state index in [9.17, 15) is 26.4 Å². The summed E-state index contributed by atoms with van der Waals surface area (Å²) in [6, 6.07) is 9.43. The van der Waals surface area contributed by atoms with Crippen LogP contribution in [0, 0.1) is 0 Å². The number of anilines is 1. The van der Waals surface area contributed by atoms with Crippen molar-refractivity contribution >= 4 is 21.6 Å². The van der Waals surface area contributed by atoms with Gasteiger partial charge in [-0.25, -0.2) is 12.7 Å². The number of amides is 1. The van der Waals surface area contributed by atoms with Gasteiger partial charge in [-0.2, -0.15) is 13.2 Å². The fourth-order valence-electron chi connectivity index (χ4n) is 1.99. The van der Waals surface area contributed by atoms with E-state index in [2.05, 4.69) is 5.32 Å². The first kappa shape index (κ1) is 18.9. The summed E-state index contributed by atoms with van der Waals surface area (Å²) >= 11 is 0. The molecule has 0 radical (unpaired) electrons. The third kappa shape index (κ3) is 4.37. The zero-order valence-corrected chi connectivity index (χ0v) is 14.1. The quantitative estimate of drug-likeness (QED) is 0.896.